The predicted molar refractivity (Wildman–Crippen MR) is 90.3 cm³/mol. The van der Waals surface area contributed by atoms with Crippen LogP contribution in [0.3, 0.4) is 0 Å². The van der Waals surface area contributed by atoms with Crippen molar-refractivity contribution in [3.8, 4) is 0 Å². The highest BCUT2D eigenvalue weighted by Crippen LogP contribution is 2.40. The van der Waals surface area contributed by atoms with Gasteiger partial charge in [0.25, 0.3) is 0 Å². The van der Waals surface area contributed by atoms with E-state index in [4.69, 9.17) is 9.72 Å². The van der Waals surface area contributed by atoms with Crippen LogP contribution in [0.4, 0.5) is 0 Å². The van der Waals surface area contributed by atoms with E-state index in [1.165, 1.54) is 7.11 Å². The molecule has 1 heterocycles. The van der Waals surface area contributed by atoms with E-state index in [0.717, 1.165) is 16.9 Å². The van der Waals surface area contributed by atoms with Crippen LogP contribution in [0.5, 0.6) is 0 Å². The molecule has 1 N–H and O–H groups in total. The summed E-state index contributed by atoms with van der Waals surface area (Å²) >= 11 is 0. The van der Waals surface area contributed by atoms with E-state index in [9.17, 15) is 9.59 Å². The maximum atomic E-state index is 12.4. The molecular formula is C18H23N3O3. The van der Waals surface area contributed by atoms with Gasteiger partial charge in [0, 0.05) is 6.04 Å². The lowest BCUT2D eigenvalue weighted by Gasteiger charge is -2.18. The molecule has 1 aliphatic carbocycles. The van der Waals surface area contributed by atoms with Crippen molar-refractivity contribution in [1.29, 1.82) is 0 Å². The number of nitrogens with zero attached hydrogens (tertiary/aromatic N) is 2. The monoisotopic (exact) mass is 329 g/mol. The van der Waals surface area contributed by atoms with Crippen LogP contribution in [0.25, 0.3) is 11.0 Å². The number of fused-ring (bicyclic) bond motifs is 1. The third-order valence-electron chi connectivity index (χ3n) is 4.52. The van der Waals surface area contributed by atoms with Gasteiger partial charge in [-0.05, 0) is 39.3 Å². The molecule has 0 radical (unpaired) electrons. The molecule has 1 aliphatic rings. The highest BCUT2D eigenvalue weighted by Gasteiger charge is 2.49. The molecular weight excluding hydrogens is 306 g/mol. The average molecular weight is 329 g/mol. The largest absolute Gasteiger partial charge is 0.469 e. The second kappa shape index (κ2) is 6.26. The SMILES string of the molecule is COC(=O)[C@@H]1C[C@@H]1C(=O)N[C@@H](C)c1nc2ccccc2n1C(C)C. The number of ether oxygens (including phenoxy) is 1. The van der Waals surface area contributed by atoms with Crippen LogP contribution in [0.2, 0.25) is 0 Å². The number of carbonyl (C=O) groups excluding carboxylic acids is 2. The topological polar surface area (TPSA) is 73.2 Å². The molecule has 3 atom stereocenters. The smallest absolute Gasteiger partial charge is 0.309 e. The lowest BCUT2D eigenvalue weighted by atomic mass is 10.2. The standard InChI is InChI=1S/C18H23N3O3/c1-10(2)21-15-8-6-5-7-14(15)20-16(21)11(3)19-17(22)12-9-13(12)18(23)24-4/h5-8,10-13H,9H2,1-4H3,(H,19,22)/t11-,12-,13+/m0/s1. The molecule has 0 saturated heterocycles. The van der Waals surface area contributed by atoms with Crippen molar-refractivity contribution in [2.75, 3.05) is 7.11 Å². The molecule has 0 aliphatic heterocycles. The Morgan fingerprint density at radius 1 is 1.25 bits per heavy atom. The first-order valence-electron chi connectivity index (χ1n) is 8.29. The van der Waals surface area contributed by atoms with Gasteiger partial charge in [-0.3, -0.25) is 9.59 Å². The minimum Gasteiger partial charge on any atom is -0.469 e. The second-order valence-corrected chi connectivity index (χ2v) is 6.62. The Morgan fingerprint density at radius 3 is 2.62 bits per heavy atom. The van der Waals surface area contributed by atoms with Gasteiger partial charge in [0.05, 0.1) is 36.0 Å². The number of para-hydroxylation sites is 2. The van der Waals surface area contributed by atoms with E-state index in [2.05, 4.69) is 23.7 Å². The Bertz CT molecular complexity index is 781. The van der Waals surface area contributed by atoms with E-state index in [1.54, 1.807) is 0 Å². The van der Waals surface area contributed by atoms with Gasteiger partial charge in [-0.15, -0.1) is 0 Å². The van der Waals surface area contributed by atoms with E-state index < -0.39 is 0 Å². The van der Waals surface area contributed by atoms with Gasteiger partial charge in [-0.1, -0.05) is 12.1 Å². The number of aromatic nitrogens is 2. The Labute approximate surface area is 141 Å². The summed E-state index contributed by atoms with van der Waals surface area (Å²) in [5.41, 5.74) is 1.98. The lowest BCUT2D eigenvalue weighted by Crippen LogP contribution is -2.31. The third kappa shape index (κ3) is 2.88. The summed E-state index contributed by atoms with van der Waals surface area (Å²) in [6.07, 6.45) is 0.561. The number of carbonyl (C=O) groups is 2. The summed E-state index contributed by atoms with van der Waals surface area (Å²) < 4.78 is 6.84. The van der Waals surface area contributed by atoms with Crippen molar-refractivity contribution in [3.63, 3.8) is 0 Å². The van der Waals surface area contributed by atoms with Crippen molar-refractivity contribution in [2.45, 2.75) is 39.3 Å². The molecule has 0 spiro atoms. The molecule has 24 heavy (non-hydrogen) atoms. The van der Waals surface area contributed by atoms with Gasteiger partial charge < -0.3 is 14.6 Å². The summed E-state index contributed by atoms with van der Waals surface area (Å²) in [7, 11) is 1.35. The van der Waals surface area contributed by atoms with Crippen molar-refractivity contribution < 1.29 is 14.3 Å². The molecule has 128 valence electrons. The molecule has 2 aromatic rings. The zero-order valence-corrected chi connectivity index (χ0v) is 14.4. The molecule has 1 aromatic carbocycles. The van der Waals surface area contributed by atoms with Gasteiger partial charge in [0.15, 0.2) is 0 Å². The Balaban J connectivity index is 1.79. The van der Waals surface area contributed by atoms with Gasteiger partial charge in [-0.2, -0.15) is 0 Å². The Morgan fingerprint density at radius 2 is 1.96 bits per heavy atom. The summed E-state index contributed by atoms with van der Waals surface area (Å²) in [5, 5.41) is 2.99. The normalized spacial score (nSPS) is 20.9. The Kier molecular flexibility index (Phi) is 4.30. The van der Waals surface area contributed by atoms with Gasteiger partial charge in [0.2, 0.25) is 5.91 Å². The van der Waals surface area contributed by atoms with Gasteiger partial charge in [0.1, 0.15) is 5.82 Å². The summed E-state index contributed by atoms with van der Waals surface area (Å²) in [6, 6.07) is 7.95. The first kappa shape index (κ1) is 16.5. The van der Waals surface area contributed by atoms with Crippen LogP contribution in [0, 0.1) is 11.8 Å². The quantitative estimate of drug-likeness (QED) is 0.856. The van der Waals surface area contributed by atoms with E-state index in [0.29, 0.717) is 6.42 Å². The number of methoxy groups -OCH3 is 1. The second-order valence-electron chi connectivity index (χ2n) is 6.62. The van der Waals surface area contributed by atoms with E-state index in [1.807, 2.05) is 31.2 Å². The van der Waals surface area contributed by atoms with Crippen LogP contribution in [-0.2, 0) is 14.3 Å². The molecule has 1 saturated carbocycles. The molecule has 0 bridgehead atoms. The van der Waals surface area contributed by atoms with Gasteiger partial charge in [-0.25, -0.2) is 4.98 Å². The van der Waals surface area contributed by atoms with Crippen LogP contribution >= 0.6 is 0 Å². The third-order valence-corrected chi connectivity index (χ3v) is 4.52. The molecule has 3 rings (SSSR count). The summed E-state index contributed by atoms with van der Waals surface area (Å²) in [4.78, 5) is 28.5. The Hall–Kier alpha value is -2.37. The average Bonchev–Trinajstić information content (AvgIpc) is 3.26. The number of benzene rings is 1. The number of rotatable bonds is 5. The molecule has 6 heteroatoms. The fourth-order valence-corrected chi connectivity index (χ4v) is 3.19. The minimum absolute atomic E-state index is 0.111. The fourth-order valence-electron chi connectivity index (χ4n) is 3.19. The summed E-state index contributed by atoms with van der Waals surface area (Å²) in [5.74, 6) is -0.171. The maximum Gasteiger partial charge on any atom is 0.309 e. The molecule has 1 aromatic heterocycles. The number of imidazole rings is 1. The highest BCUT2D eigenvalue weighted by molar-refractivity contribution is 5.90. The van der Waals surface area contributed by atoms with Crippen molar-refractivity contribution in [2.24, 2.45) is 11.8 Å². The fraction of sp³-hybridized carbons (Fsp3) is 0.500. The zero-order valence-electron chi connectivity index (χ0n) is 14.4. The minimum atomic E-state index is -0.308. The molecule has 1 fully saturated rings. The van der Waals surface area contributed by atoms with Crippen LogP contribution in [0.15, 0.2) is 24.3 Å². The first-order valence-corrected chi connectivity index (χ1v) is 8.29. The number of hydrogen-bond donors (Lipinski definition) is 1. The predicted octanol–water partition coefficient (Wildman–Crippen LogP) is 2.60. The number of hydrogen-bond acceptors (Lipinski definition) is 4. The first-order chi connectivity index (χ1) is 11.4. The molecule has 0 unspecified atom stereocenters. The van der Waals surface area contributed by atoms with E-state index in [-0.39, 0.29) is 35.8 Å². The molecule has 1 amide bonds. The van der Waals surface area contributed by atoms with Crippen LogP contribution < -0.4 is 5.32 Å². The van der Waals surface area contributed by atoms with E-state index >= 15 is 0 Å². The maximum absolute atomic E-state index is 12.4. The lowest BCUT2D eigenvalue weighted by molar-refractivity contribution is -0.143. The zero-order chi connectivity index (χ0) is 17.4. The van der Waals surface area contributed by atoms with Gasteiger partial charge >= 0.3 is 5.97 Å². The van der Waals surface area contributed by atoms with Crippen molar-refractivity contribution >= 4 is 22.9 Å². The molecule has 6 nitrogen and oxygen atoms in total. The van der Waals surface area contributed by atoms with Crippen molar-refractivity contribution in [1.82, 2.24) is 14.9 Å². The number of esters is 1. The number of amides is 1. The van der Waals surface area contributed by atoms with Crippen LogP contribution in [0.1, 0.15) is 45.1 Å². The highest BCUT2D eigenvalue weighted by atomic mass is 16.5. The van der Waals surface area contributed by atoms with Crippen LogP contribution in [-0.4, -0.2) is 28.5 Å². The summed E-state index contributed by atoms with van der Waals surface area (Å²) in [6.45, 7) is 6.12. The van der Waals surface area contributed by atoms with Crippen molar-refractivity contribution in [3.05, 3.63) is 30.1 Å². The number of nitrogens with one attached hydrogen (secondary N) is 1.